The number of benzene rings is 2. The first-order chi connectivity index (χ1) is 11.7. The van der Waals surface area contributed by atoms with Gasteiger partial charge in [0.2, 0.25) is 0 Å². The normalized spacial score (nSPS) is 11.5. The lowest BCUT2D eigenvalue weighted by Crippen LogP contribution is -1.98. The molecule has 0 aromatic heterocycles. The lowest BCUT2D eigenvalue weighted by atomic mass is 10.2. The van der Waals surface area contributed by atoms with E-state index in [2.05, 4.69) is 17.5 Å². The van der Waals surface area contributed by atoms with Crippen LogP contribution < -0.4 is 5.43 Å². The fourth-order valence-electron chi connectivity index (χ4n) is 2.16. The minimum absolute atomic E-state index is 0.359. The van der Waals surface area contributed by atoms with Crippen molar-refractivity contribution in [2.45, 2.75) is 37.5 Å². The van der Waals surface area contributed by atoms with E-state index in [0.29, 0.717) is 10.2 Å². The SMILES string of the molecule is CCCCCCSc1ccc(Cl)c(C(Cl)=NNc2ccccc2)c1. The summed E-state index contributed by atoms with van der Waals surface area (Å²) in [5, 5.41) is 5.19. The van der Waals surface area contributed by atoms with Gasteiger partial charge in [0.15, 0.2) is 5.17 Å². The molecular weight excluding hydrogens is 359 g/mol. The van der Waals surface area contributed by atoms with Gasteiger partial charge >= 0.3 is 0 Å². The van der Waals surface area contributed by atoms with Crippen LogP contribution in [-0.4, -0.2) is 10.9 Å². The Bertz CT molecular complexity index is 660. The average Bonchev–Trinajstić information content (AvgIpc) is 2.61. The van der Waals surface area contributed by atoms with Crippen molar-refractivity contribution in [3.63, 3.8) is 0 Å². The Morgan fingerprint density at radius 3 is 2.62 bits per heavy atom. The number of para-hydroxylation sites is 1. The van der Waals surface area contributed by atoms with Gasteiger partial charge in [-0.2, -0.15) is 5.10 Å². The molecule has 128 valence electrons. The van der Waals surface area contributed by atoms with E-state index in [1.807, 2.05) is 60.3 Å². The second-order valence-corrected chi connectivity index (χ2v) is 7.36. The zero-order valence-electron chi connectivity index (χ0n) is 13.8. The van der Waals surface area contributed by atoms with Crippen LogP contribution in [-0.2, 0) is 0 Å². The lowest BCUT2D eigenvalue weighted by molar-refractivity contribution is 0.706. The Morgan fingerprint density at radius 1 is 1.08 bits per heavy atom. The third-order valence-corrected chi connectivity index (χ3v) is 5.18. The zero-order valence-corrected chi connectivity index (χ0v) is 16.1. The molecule has 0 radical (unpaired) electrons. The summed E-state index contributed by atoms with van der Waals surface area (Å²) in [7, 11) is 0. The van der Waals surface area contributed by atoms with Gasteiger partial charge in [-0.05, 0) is 42.5 Å². The van der Waals surface area contributed by atoms with Gasteiger partial charge < -0.3 is 0 Å². The molecule has 1 N–H and O–H groups in total. The number of hydrazone groups is 1. The maximum absolute atomic E-state index is 6.33. The molecule has 0 saturated carbocycles. The van der Waals surface area contributed by atoms with Gasteiger partial charge in [0.1, 0.15) is 0 Å². The topological polar surface area (TPSA) is 24.4 Å². The second-order valence-electron chi connectivity index (χ2n) is 5.43. The van der Waals surface area contributed by atoms with Crippen molar-refractivity contribution in [1.29, 1.82) is 0 Å². The molecule has 0 amide bonds. The maximum Gasteiger partial charge on any atom is 0.158 e. The van der Waals surface area contributed by atoms with E-state index in [4.69, 9.17) is 23.2 Å². The van der Waals surface area contributed by atoms with Crippen LogP contribution >= 0.6 is 35.0 Å². The van der Waals surface area contributed by atoms with Crippen LogP contribution in [0.5, 0.6) is 0 Å². The fraction of sp³-hybridized carbons (Fsp3) is 0.316. The van der Waals surface area contributed by atoms with Crippen LogP contribution in [0.3, 0.4) is 0 Å². The highest BCUT2D eigenvalue weighted by molar-refractivity contribution is 7.99. The van der Waals surface area contributed by atoms with Gasteiger partial charge in [0.25, 0.3) is 0 Å². The molecule has 0 bridgehead atoms. The highest BCUT2D eigenvalue weighted by Gasteiger charge is 2.08. The highest BCUT2D eigenvalue weighted by Crippen LogP contribution is 2.27. The van der Waals surface area contributed by atoms with Crippen molar-refractivity contribution in [3.05, 3.63) is 59.1 Å². The zero-order chi connectivity index (χ0) is 17.2. The number of hydrogen-bond donors (Lipinski definition) is 1. The van der Waals surface area contributed by atoms with Crippen LogP contribution in [0.2, 0.25) is 5.02 Å². The van der Waals surface area contributed by atoms with E-state index < -0.39 is 0 Å². The summed E-state index contributed by atoms with van der Waals surface area (Å²) in [4.78, 5) is 1.17. The first-order valence-electron chi connectivity index (χ1n) is 8.17. The number of rotatable bonds is 9. The number of hydrogen-bond acceptors (Lipinski definition) is 3. The summed E-state index contributed by atoms with van der Waals surface area (Å²) < 4.78 is 0. The summed E-state index contributed by atoms with van der Waals surface area (Å²) >= 11 is 14.4. The molecule has 0 unspecified atom stereocenters. The molecule has 0 aliphatic carbocycles. The number of nitrogens with one attached hydrogen (secondary N) is 1. The Hall–Kier alpha value is -1.16. The largest absolute Gasteiger partial charge is 0.277 e. The van der Waals surface area contributed by atoms with Crippen LogP contribution in [0.25, 0.3) is 0 Å². The summed E-state index contributed by atoms with van der Waals surface area (Å²) in [6, 6.07) is 15.6. The second kappa shape index (κ2) is 10.7. The molecule has 2 nitrogen and oxygen atoms in total. The molecular formula is C19H22Cl2N2S. The fourth-order valence-corrected chi connectivity index (χ4v) is 3.56. The number of unbranched alkanes of at least 4 members (excludes halogenated alkanes) is 3. The summed E-state index contributed by atoms with van der Waals surface area (Å²) in [5.41, 5.74) is 4.58. The van der Waals surface area contributed by atoms with E-state index >= 15 is 0 Å². The quantitative estimate of drug-likeness (QED) is 0.218. The lowest BCUT2D eigenvalue weighted by Gasteiger charge is -2.07. The molecule has 2 aromatic carbocycles. The number of anilines is 1. The molecule has 0 fully saturated rings. The number of halogens is 2. The first kappa shape index (κ1) is 19.2. The first-order valence-corrected chi connectivity index (χ1v) is 9.92. The molecule has 24 heavy (non-hydrogen) atoms. The molecule has 0 heterocycles. The van der Waals surface area contributed by atoms with Gasteiger partial charge in [-0.25, -0.2) is 0 Å². The summed E-state index contributed by atoms with van der Waals surface area (Å²) in [5.74, 6) is 1.11. The van der Waals surface area contributed by atoms with Crippen molar-refractivity contribution >= 4 is 45.8 Å². The predicted molar refractivity (Wildman–Crippen MR) is 109 cm³/mol. The minimum atomic E-state index is 0.359. The molecule has 2 rings (SSSR count). The monoisotopic (exact) mass is 380 g/mol. The minimum Gasteiger partial charge on any atom is -0.277 e. The summed E-state index contributed by atoms with van der Waals surface area (Å²) in [6.07, 6.45) is 5.08. The van der Waals surface area contributed by atoms with E-state index in [1.165, 1.54) is 30.6 Å². The van der Waals surface area contributed by atoms with Crippen molar-refractivity contribution in [2.24, 2.45) is 5.10 Å². The number of nitrogens with zero attached hydrogens (tertiary/aromatic N) is 1. The third kappa shape index (κ3) is 6.39. The Labute approximate surface area is 158 Å². The molecule has 0 atom stereocenters. The van der Waals surface area contributed by atoms with Gasteiger partial charge in [-0.15, -0.1) is 11.8 Å². The van der Waals surface area contributed by atoms with Crippen molar-refractivity contribution < 1.29 is 0 Å². The maximum atomic E-state index is 6.33. The Kier molecular flexibility index (Phi) is 8.51. The van der Waals surface area contributed by atoms with Gasteiger partial charge in [-0.3, -0.25) is 5.43 Å². The van der Waals surface area contributed by atoms with Crippen LogP contribution in [0, 0.1) is 0 Å². The van der Waals surface area contributed by atoms with Crippen LogP contribution in [0.4, 0.5) is 5.69 Å². The Balaban J connectivity index is 1.99. The van der Waals surface area contributed by atoms with Crippen molar-refractivity contribution in [3.8, 4) is 0 Å². The molecule has 0 aliphatic rings. The molecule has 0 spiro atoms. The number of thioether (sulfide) groups is 1. The van der Waals surface area contributed by atoms with Crippen molar-refractivity contribution in [2.75, 3.05) is 11.2 Å². The van der Waals surface area contributed by atoms with Gasteiger partial charge in [-0.1, -0.05) is 67.6 Å². The van der Waals surface area contributed by atoms with Crippen LogP contribution in [0.1, 0.15) is 38.2 Å². The van der Waals surface area contributed by atoms with Crippen LogP contribution in [0.15, 0.2) is 58.5 Å². The molecule has 0 aliphatic heterocycles. The van der Waals surface area contributed by atoms with Gasteiger partial charge in [0, 0.05) is 10.5 Å². The highest BCUT2D eigenvalue weighted by atomic mass is 35.5. The van der Waals surface area contributed by atoms with Gasteiger partial charge in [0.05, 0.1) is 10.7 Å². The van der Waals surface area contributed by atoms with E-state index in [9.17, 15) is 0 Å². The molecule has 0 saturated heterocycles. The van der Waals surface area contributed by atoms with E-state index in [-0.39, 0.29) is 0 Å². The van der Waals surface area contributed by atoms with E-state index in [1.54, 1.807) is 0 Å². The smallest absolute Gasteiger partial charge is 0.158 e. The summed E-state index contributed by atoms with van der Waals surface area (Å²) in [6.45, 7) is 2.23. The molecule has 5 heteroatoms. The standard InChI is InChI=1S/C19H22Cl2N2S/c1-2-3-4-8-13-24-16-11-12-18(20)17(14-16)19(21)23-22-15-9-6-5-7-10-15/h5-7,9-12,14,22H,2-4,8,13H2,1H3. The molecule has 2 aromatic rings. The van der Waals surface area contributed by atoms with E-state index in [0.717, 1.165) is 17.0 Å². The predicted octanol–water partition coefficient (Wildman–Crippen LogP) is 7.02. The third-order valence-electron chi connectivity index (χ3n) is 3.48. The van der Waals surface area contributed by atoms with Crippen molar-refractivity contribution in [1.82, 2.24) is 0 Å². The average molecular weight is 381 g/mol. The Morgan fingerprint density at radius 2 is 1.88 bits per heavy atom.